The molecule has 0 aromatic carbocycles. The lowest BCUT2D eigenvalue weighted by Gasteiger charge is -2.12. The van der Waals surface area contributed by atoms with Crippen molar-refractivity contribution in [3.05, 3.63) is 12.2 Å². The maximum atomic E-state index is 5.73. The molecular formula is C18H30O. The zero-order valence-electron chi connectivity index (χ0n) is 12.6. The van der Waals surface area contributed by atoms with Crippen LogP contribution < -0.4 is 0 Å². The molecule has 0 spiro atoms. The second-order valence-electron chi connectivity index (χ2n) is 5.39. The van der Waals surface area contributed by atoms with Crippen LogP contribution in [0.3, 0.4) is 0 Å². The average Bonchev–Trinajstić information content (AvgIpc) is 2.41. The van der Waals surface area contributed by atoms with Crippen LogP contribution in [0.2, 0.25) is 0 Å². The minimum absolute atomic E-state index is 0.271. The topological polar surface area (TPSA) is 9.23 Å². The van der Waals surface area contributed by atoms with Gasteiger partial charge in [-0.05, 0) is 31.9 Å². The highest BCUT2D eigenvalue weighted by Crippen LogP contribution is 2.13. The first-order valence-electron chi connectivity index (χ1n) is 8.20. The molecule has 0 bridgehead atoms. The third-order valence-corrected chi connectivity index (χ3v) is 3.67. The summed E-state index contributed by atoms with van der Waals surface area (Å²) in [5.74, 6) is 6.38. The summed E-state index contributed by atoms with van der Waals surface area (Å²) in [4.78, 5) is 0. The molecule has 108 valence electrons. The summed E-state index contributed by atoms with van der Waals surface area (Å²) < 4.78 is 5.73. The smallest absolute Gasteiger partial charge is 0.0764 e. The van der Waals surface area contributed by atoms with Crippen molar-refractivity contribution in [1.82, 2.24) is 0 Å². The monoisotopic (exact) mass is 262 g/mol. The SMILES string of the molecule is CCOC1/C=C\C#CCCCCCCCCCCC1. The van der Waals surface area contributed by atoms with Crippen LogP contribution in [0.25, 0.3) is 0 Å². The molecule has 1 aliphatic carbocycles. The Hall–Kier alpha value is -0.740. The van der Waals surface area contributed by atoms with Crippen molar-refractivity contribution in [1.29, 1.82) is 0 Å². The minimum Gasteiger partial charge on any atom is -0.374 e. The summed E-state index contributed by atoms with van der Waals surface area (Å²) in [5, 5.41) is 0. The van der Waals surface area contributed by atoms with Crippen molar-refractivity contribution in [2.45, 2.75) is 83.7 Å². The molecule has 0 fully saturated rings. The molecule has 1 rings (SSSR count). The van der Waals surface area contributed by atoms with Crippen molar-refractivity contribution in [3.8, 4) is 11.8 Å². The van der Waals surface area contributed by atoms with E-state index in [4.69, 9.17) is 4.74 Å². The number of rotatable bonds is 2. The molecule has 0 aromatic heterocycles. The van der Waals surface area contributed by atoms with Gasteiger partial charge in [0.25, 0.3) is 0 Å². The van der Waals surface area contributed by atoms with Crippen LogP contribution >= 0.6 is 0 Å². The van der Waals surface area contributed by atoms with Crippen molar-refractivity contribution in [3.63, 3.8) is 0 Å². The van der Waals surface area contributed by atoms with E-state index in [1.165, 1.54) is 57.8 Å². The normalized spacial score (nSPS) is 25.2. The third kappa shape index (κ3) is 9.79. The molecule has 1 aliphatic rings. The van der Waals surface area contributed by atoms with Gasteiger partial charge in [-0.2, -0.15) is 0 Å². The van der Waals surface area contributed by atoms with Gasteiger partial charge in [-0.25, -0.2) is 0 Å². The summed E-state index contributed by atoms with van der Waals surface area (Å²) in [6.45, 7) is 2.86. The summed E-state index contributed by atoms with van der Waals surface area (Å²) in [6, 6.07) is 0. The molecule has 1 heteroatoms. The maximum absolute atomic E-state index is 5.73. The van der Waals surface area contributed by atoms with Gasteiger partial charge < -0.3 is 4.74 Å². The van der Waals surface area contributed by atoms with Gasteiger partial charge in [0, 0.05) is 13.0 Å². The Morgan fingerprint density at radius 2 is 1.58 bits per heavy atom. The Kier molecular flexibility index (Phi) is 10.6. The lowest BCUT2D eigenvalue weighted by molar-refractivity contribution is 0.0883. The fourth-order valence-electron chi connectivity index (χ4n) is 2.53. The number of ether oxygens (including phenoxy) is 1. The Bertz CT molecular complexity index is 282. The maximum Gasteiger partial charge on any atom is 0.0764 e. The predicted octanol–water partition coefficient (Wildman–Crippen LogP) is 5.26. The van der Waals surface area contributed by atoms with Crippen molar-refractivity contribution >= 4 is 0 Å². The van der Waals surface area contributed by atoms with E-state index in [9.17, 15) is 0 Å². The Balaban J connectivity index is 2.38. The molecule has 1 unspecified atom stereocenters. The zero-order chi connectivity index (χ0) is 13.6. The van der Waals surface area contributed by atoms with Crippen LogP contribution in [-0.2, 0) is 4.74 Å². The summed E-state index contributed by atoms with van der Waals surface area (Å²) in [6.07, 6.45) is 18.9. The molecule has 0 saturated carbocycles. The van der Waals surface area contributed by atoms with Gasteiger partial charge in [-0.1, -0.05) is 63.2 Å². The van der Waals surface area contributed by atoms with Crippen LogP contribution in [0.15, 0.2) is 12.2 Å². The second kappa shape index (κ2) is 12.3. The van der Waals surface area contributed by atoms with E-state index < -0.39 is 0 Å². The molecule has 1 nitrogen and oxygen atoms in total. The zero-order valence-corrected chi connectivity index (χ0v) is 12.6. The largest absolute Gasteiger partial charge is 0.374 e. The van der Waals surface area contributed by atoms with E-state index >= 15 is 0 Å². The predicted molar refractivity (Wildman–Crippen MR) is 83.1 cm³/mol. The number of hydrogen-bond donors (Lipinski definition) is 0. The van der Waals surface area contributed by atoms with Crippen LogP contribution in [0.5, 0.6) is 0 Å². The molecule has 0 aromatic rings. The van der Waals surface area contributed by atoms with Gasteiger partial charge in [0.15, 0.2) is 0 Å². The Labute approximate surface area is 119 Å². The first-order valence-corrected chi connectivity index (χ1v) is 8.20. The van der Waals surface area contributed by atoms with Crippen molar-refractivity contribution in [2.24, 2.45) is 0 Å². The van der Waals surface area contributed by atoms with E-state index in [1.54, 1.807) is 0 Å². The quantitative estimate of drug-likeness (QED) is 0.617. The highest BCUT2D eigenvalue weighted by molar-refractivity contribution is 5.16. The van der Waals surface area contributed by atoms with Gasteiger partial charge in [-0.15, -0.1) is 0 Å². The van der Waals surface area contributed by atoms with Crippen LogP contribution in [-0.4, -0.2) is 12.7 Å². The van der Waals surface area contributed by atoms with Gasteiger partial charge in [0.1, 0.15) is 0 Å². The molecule has 0 N–H and O–H groups in total. The van der Waals surface area contributed by atoms with Crippen LogP contribution in [0.1, 0.15) is 77.6 Å². The number of allylic oxidation sites excluding steroid dienone is 1. The fourth-order valence-corrected chi connectivity index (χ4v) is 2.53. The van der Waals surface area contributed by atoms with Gasteiger partial charge in [-0.3, -0.25) is 0 Å². The number of hydrogen-bond acceptors (Lipinski definition) is 1. The van der Waals surface area contributed by atoms with Gasteiger partial charge in [0.2, 0.25) is 0 Å². The Morgan fingerprint density at radius 1 is 0.947 bits per heavy atom. The third-order valence-electron chi connectivity index (χ3n) is 3.67. The van der Waals surface area contributed by atoms with Crippen LogP contribution in [0.4, 0.5) is 0 Å². The van der Waals surface area contributed by atoms with E-state index in [0.717, 1.165) is 19.4 Å². The molecule has 19 heavy (non-hydrogen) atoms. The first kappa shape index (κ1) is 16.3. The molecular weight excluding hydrogens is 232 g/mol. The molecule has 0 heterocycles. The van der Waals surface area contributed by atoms with E-state index in [2.05, 4.69) is 24.8 Å². The highest BCUT2D eigenvalue weighted by Gasteiger charge is 2.03. The molecule has 0 aliphatic heterocycles. The second-order valence-corrected chi connectivity index (χ2v) is 5.39. The standard InChI is InChI=1S/C18H30O/c1-2-19-18-16-14-12-10-8-6-4-3-5-7-9-11-13-15-17-18/h15,17-18H,2-10,12,14,16H2,1H3/b17-15-. The lowest BCUT2D eigenvalue weighted by atomic mass is 10.0. The van der Waals surface area contributed by atoms with Crippen LogP contribution in [0, 0.1) is 11.8 Å². The first-order chi connectivity index (χ1) is 9.43. The summed E-state index contributed by atoms with van der Waals surface area (Å²) >= 11 is 0. The summed E-state index contributed by atoms with van der Waals surface area (Å²) in [7, 11) is 0. The Morgan fingerprint density at radius 3 is 2.26 bits per heavy atom. The molecule has 0 radical (unpaired) electrons. The van der Waals surface area contributed by atoms with Gasteiger partial charge >= 0.3 is 0 Å². The van der Waals surface area contributed by atoms with Crippen molar-refractivity contribution < 1.29 is 4.74 Å². The summed E-state index contributed by atoms with van der Waals surface area (Å²) in [5.41, 5.74) is 0. The van der Waals surface area contributed by atoms with Crippen molar-refractivity contribution in [2.75, 3.05) is 6.61 Å². The van der Waals surface area contributed by atoms with E-state index in [0.29, 0.717) is 0 Å². The lowest BCUT2D eigenvalue weighted by Crippen LogP contribution is -2.09. The van der Waals surface area contributed by atoms with Gasteiger partial charge in [0.05, 0.1) is 6.10 Å². The average molecular weight is 262 g/mol. The minimum atomic E-state index is 0.271. The van der Waals surface area contributed by atoms with E-state index in [-0.39, 0.29) is 6.10 Å². The van der Waals surface area contributed by atoms with E-state index in [1.807, 2.05) is 6.08 Å². The molecule has 1 atom stereocenters. The molecule has 0 saturated heterocycles. The molecule has 0 amide bonds. The fraction of sp³-hybridized carbons (Fsp3) is 0.778. The highest BCUT2D eigenvalue weighted by atomic mass is 16.5.